The third kappa shape index (κ3) is 3.76. The van der Waals surface area contributed by atoms with Gasteiger partial charge in [0.25, 0.3) is 5.56 Å². The molecule has 0 aliphatic heterocycles. The maximum absolute atomic E-state index is 12.6. The number of halogens is 1. The number of nitrogens with one attached hydrogen (secondary N) is 2. The Bertz CT molecular complexity index is 1460. The highest BCUT2D eigenvalue weighted by molar-refractivity contribution is 5.93. The molecule has 0 unspecified atom stereocenters. The lowest BCUT2D eigenvalue weighted by molar-refractivity contribution is 0.355. The minimum Gasteiger partial charge on any atom is -0.493 e. The Morgan fingerprint density at radius 2 is 1.84 bits per heavy atom. The van der Waals surface area contributed by atoms with Crippen LogP contribution in [0.15, 0.2) is 59.8 Å². The van der Waals surface area contributed by atoms with Gasteiger partial charge in [-0.15, -0.1) is 12.4 Å². The highest BCUT2D eigenvalue weighted by Gasteiger charge is 2.12. The van der Waals surface area contributed by atoms with E-state index >= 15 is 0 Å². The van der Waals surface area contributed by atoms with Gasteiger partial charge in [-0.25, -0.2) is 4.98 Å². The summed E-state index contributed by atoms with van der Waals surface area (Å²) in [5.41, 5.74) is 4.15. The summed E-state index contributed by atoms with van der Waals surface area (Å²) < 4.78 is 10.6. The highest BCUT2D eigenvalue weighted by atomic mass is 35.5. The van der Waals surface area contributed by atoms with Crippen LogP contribution in [-0.2, 0) is 6.42 Å². The molecule has 162 valence electrons. The molecule has 5 rings (SSSR count). The molecule has 0 aliphatic carbocycles. The summed E-state index contributed by atoms with van der Waals surface area (Å²) in [5, 5.41) is 8.31. The molecule has 0 amide bonds. The lowest BCUT2D eigenvalue weighted by Gasteiger charge is -2.10. The van der Waals surface area contributed by atoms with Crippen molar-refractivity contribution in [3.05, 3.63) is 76.7 Å². The Labute approximate surface area is 189 Å². The number of rotatable bonds is 5. The molecule has 0 spiro atoms. The van der Waals surface area contributed by atoms with Crippen molar-refractivity contribution in [1.29, 1.82) is 0 Å². The van der Waals surface area contributed by atoms with Crippen molar-refractivity contribution in [2.24, 2.45) is 0 Å². The zero-order chi connectivity index (χ0) is 21.4. The standard InChI is InChI=1S/C23H19N5O3.ClH/c1-30-19-8-17-18(9-20(19)31-2)27-21(28-23(17)29)7-13-6-14-4-3-5-16(22(14)24-10-13)15-11-25-26-12-15;/h3-6,8-12H,7H2,1-2H3,(H,25,26)(H,27,28,29);1H. The van der Waals surface area contributed by atoms with Gasteiger partial charge in [0.05, 0.1) is 36.8 Å². The van der Waals surface area contributed by atoms with Gasteiger partial charge in [0.15, 0.2) is 11.5 Å². The normalized spacial score (nSPS) is 10.8. The zero-order valence-electron chi connectivity index (χ0n) is 17.4. The number of hydrogen-bond donors (Lipinski definition) is 2. The molecule has 32 heavy (non-hydrogen) atoms. The summed E-state index contributed by atoms with van der Waals surface area (Å²) in [7, 11) is 3.08. The number of para-hydroxylation sites is 1. The van der Waals surface area contributed by atoms with Crippen molar-refractivity contribution < 1.29 is 9.47 Å². The fraction of sp³-hybridized carbons (Fsp3) is 0.130. The molecule has 0 atom stereocenters. The van der Waals surface area contributed by atoms with Crippen LogP contribution in [0.3, 0.4) is 0 Å². The van der Waals surface area contributed by atoms with Gasteiger partial charge in [0.1, 0.15) is 5.82 Å². The van der Waals surface area contributed by atoms with Crippen molar-refractivity contribution in [3.63, 3.8) is 0 Å². The molecular weight excluding hydrogens is 430 g/mol. The van der Waals surface area contributed by atoms with E-state index in [2.05, 4.69) is 31.2 Å². The molecule has 2 N–H and O–H groups in total. The second-order valence-corrected chi connectivity index (χ2v) is 7.12. The van der Waals surface area contributed by atoms with Gasteiger partial charge in [-0.05, 0) is 17.7 Å². The van der Waals surface area contributed by atoms with Gasteiger partial charge in [0, 0.05) is 41.4 Å². The first kappa shape index (κ1) is 21.3. The van der Waals surface area contributed by atoms with Crippen LogP contribution in [0, 0.1) is 0 Å². The van der Waals surface area contributed by atoms with Crippen LogP contribution in [0.4, 0.5) is 0 Å². The lowest BCUT2D eigenvalue weighted by Crippen LogP contribution is -2.12. The monoisotopic (exact) mass is 449 g/mol. The lowest BCUT2D eigenvalue weighted by atomic mass is 10.0. The molecule has 0 bridgehead atoms. The van der Waals surface area contributed by atoms with E-state index < -0.39 is 0 Å². The van der Waals surface area contributed by atoms with Gasteiger partial charge in [0.2, 0.25) is 0 Å². The smallest absolute Gasteiger partial charge is 0.258 e. The zero-order valence-corrected chi connectivity index (χ0v) is 18.2. The van der Waals surface area contributed by atoms with E-state index in [9.17, 15) is 4.79 Å². The molecular formula is C23H20ClN5O3. The van der Waals surface area contributed by atoms with E-state index in [1.54, 1.807) is 25.4 Å². The number of aromatic amines is 2. The van der Waals surface area contributed by atoms with Gasteiger partial charge in [-0.2, -0.15) is 5.10 Å². The van der Waals surface area contributed by atoms with Crippen molar-refractivity contribution >= 4 is 34.2 Å². The third-order valence-corrected chi connectivity index (χ3v) is 5.21. The summed E-state index contributed by atoms with van der Waals surface area (Å²) in [6.07, 6.45) is 5.87. The Hall–Kier alpha value is -3.91. The fourth-order valence-electron chi connectivity index (χ4n) is 3.73. The van der Waals surface area contributed by atoms with Gasteiger partial charge < -0.3 is 14.5 Å². The molecule has 8 nitrogen and oxygen atoms in total. The van der Waals surface area contributed by atoms with Crippen LogP contribution < -0.4 is 15.0 Å². The van der Waals surface area contributed by atoms with Gasteiger partial charge >= 0.3 is 0 Å². The number of ether oxygens (including phenoxy) is 2. The maximum Gasteiger partial charge on any atom is 0.258 e. The summed E-state index contributed by atoms with van der Waals surface area (Å²) in [6, 6.07) is 11.4. The Kier molecular flexibility index (Phi) is 5.79. The van der Waals surface area contributed by atoms with Crippen molar-refractivity contribution in [2.45, 2.75) is 6.42 Å². The quantitative estimate of drug-likeness (QED) is 0.421. The van der Waals surface area contributed by atoms with E-state index in [0.29, 0.717) is 34.6 Å². The van der Waals surface area contributed by atoms with E-state index in [-0.39, 0.29) is 18.0 Å². The van der Waals surface area contributed by atoms with Crippen molar-refractivity contribution in [1.82, 2.24) is 25.1 Å². The largest absolute Gasteiger partial charge is 0.493 e. The molecule has 0 saturated carbocycles. The molecule has 0 fully saturated rings. The van der Waals surface area contributed by atoms with Crippen molar-refractivity contribution in [2.75, 3.05) is 14.2 Å². The molecule has 3 heterocycles. The topological polar surface area (TPSA) is 106 Å². The number of aromatic nitrogens is 5. The number of hydrogen-bond acceptors (Lipinski definition) is 6. The number of fused-ring (bicyclic) bond motifs is 2. The number of H-pyrrole nitrogens is 2. The maximum atomic E-state index is 12.6. The summed E-state index contributed by atoms with van der Waals surface area (Å²) >= 11 is 0. The molecule has 2 aromatic carbocycles. The average Bonchev–Trinajstić information content (AvgIpc) is 3.32. The first-order chi connectivity index (χ1) is 15.2. The molecule has 0 saturated heterocycles. The first-order valence-electron chi connectivity index (χ1n) is 9.68. The highest BCUT2D eigenvalue weighted by Crippen LogP contribution is 2.30. The molecule has 9 heteroatoms. The second-order valence-electron chi connectivity index (χ2n) is 7.12. The fourth-order valence-corrected chi connectivity index (χ4v) is 3.73. The van der Waals surface area contributed by atoms with E-state index in [1.165, 1.54) is 7.11 Å². The van der Waals surface area contributed by atoms with Crippen LogP contribution in [0.1, 0.15) is 11.4 Å². The van der Waals surface area contributed by atoms with Crippen LogP contribution in [0.25, 0.3) is 32.9 Å². The minimum absolute atomic E-state index is 0. The van der Waals surface area contributed by atoms with E-state index in [0.717, 1.165) is 27.6 Å². The second kappa shape index (κ2) is 8.68. The molecule has 5 aromatic rings. The van der Waals surface area contributed by atoms with Gasteiger partial charge in [-0.1, -0.05) is 18.2 Å². The Morgan fingerprint density at radius 1 is 1.03 bits per heavy atom. The first-order valence-corrected chi connectivity index (χ1v) is 9.68. The van der Waals surface area contributed by atoms with E-state index in [4.69, 9.17) is 9.47 Å². The van der Waals surface area contributed by atoms with Crippen LogP contribution in [0.5, 0.6) is 11.5 Å². The summed E-state index contributed by atoms with van der Waals surface area (Å²) in [5.74, 6) is 1.57. The Morgan fingerprint density at radius 3 is 2.59 bits per heavy atom. The predicted molar refractivity (Wildman–Crippen MR) is 125 cm³/mol. The molecule has 3 aromatic heterocycles. The number of benzene rings is 2. The summed E-state index contributed by atoms with van der Waals surface area (Å²) in [4.78, 5) is 24.8. The van der Waals surface area contributed by atoms with Gasteiger partial charge in [-0.3, -0.25) is 14.9 Å². The van der Waals surface area contributed by atoms with Crippen LogP contribution in [-0.4, -0.2) is 39.4 Å². The van der Waals surface area contributed by atoms with E-state index in [1.807, 2.05) is 30.6 Å². The van der Waals surface area contributed by atoms with Crippen molar-refractivity contribution in [3.8, 4) is 22.6 Å². The summed E-state index contributed by atoms with van der Waals surface area (Å²) in [6.45, 7) is 0. The average molecular weight is 450 g/mol. The molecule has 0 radical (unpaired) electrons. The molecule has 0 aliphatic rings. The Balaban J connectivity index is 0.00000245. The predicted octanol–water partition coefficient (Wildman–Crippen LogP) is 3.89. The third-order valence-electron chi connectivity index (χ3n) is 5.21. The number of nitrogens with zero attached hydrogens (tertiary/aromatic N) is 3. The minimum atomic E-state index is -0.225. The SMILES string of the molecule is COc1cc2nc(Cc3cnc4c(-c5cn[nH]c5)cccc4c3)[nH]c(=O)c2cc1OC.Cl. The van der Waals surface area contributed by atoms with Crippen LogP contribution >= 0.6 is 12.4 Å². The van der Waals surface area contributed by atoms with Crippen LogP contribution in [0.2, 0.25) is 0 Å². The number of methoxy groups -OCH3 is 2. The number of pyridine rings is 1.